The van der Waals surface area contributed by atoms with E-state index >= 15 is 0 Å². The second-order valence-corrected chi connectivity index (χ2v) is 6.22. The average Bonchev–Trinajstić information content (AvgIpc) is 3.08. The normalized spacial score (nSPS) is 16.0. The molecule has 0 saturated carbocycles. The number of carbonyl (C=O) groups excluding carboxylic acids is 1. The molecule has 3 rings (SSSR count). The molecule has 2 aromatic rings. The number of aromatic nitrogens is 3. The molecule has 0 bridgehead atoms. The van der Waals surface area contributed by atoms with E-state index in [4.69, 9.17) is 0 Å². The maximum Gasteiger partial charge on any atom is 0.229 e. The Kier molecular flexibility index (Phi) is 5.08. The largest absolute Gasteiger partial charge is 0.369 e. The van der Waals surface area contributed by atoms with Gasteiger partial charge in [0.2, 0.25) is 5.91 Å². The molecule has 128 valence electrons. The number of hydrogen-bond acceptors (Lipinski definition) is 4. The Morgan fingerprint density at radius 2 is 2.12 bits per heavy atom. The first-order chi connectivity index (χ1) is 11.6. The maximum absolute atomic E-state index is 14.4. The lowest BCUT2D eigenvalue weighted by atomic mass is 10.1. The average molecular weight is 331 g/mol. The van der Waals surface area contributed by atoms with E-state index in [9.17, 15) is 9.18 Å². The summed E-state index contributed by atoms with van der Waals surface area (Å²) < 4.78 is 16.0. The van der Waals surface area contributed by atoms with Gasteiger partial charge in [0.25, 0.3) is 0 Å². The molecule has 6 nitrogen and oxygen atoms in total. The number of halogens is 1. The highest BCUT2D eigenvalue weighted by molar-refractivity contribution is 5.92. The molecule has 1 atom stereocenters. The predicted molar refractivity (Wildman–Crippen MR) is 90.3 cm³/mol. The van der Waals surface area contributed by atoms with Crippen LogP contribution in [0.3, 0.4) is 0 Å². The minimum Gasteiger partial charge on any atom is -0.369 e. The van der Waals surface area contributed by atoms with Crippen LogP contribution in [0.2, 0.25) is 0 Å². The SMILES string of the molecule is C[C@@H](Cn1cncn1)C(=O)Nc1ccc(N2CCCCC2)c(F)c1. The van der Waals surface area contributed by atoms with Crippen LogP contribution in [0, 0.1) is 11.7 Å². The minimum absolute atomic E-state index is 0.171. The van der Waals surface area contributed by atoms with Crippen molar-refractivity contribution in [1.82, 2.24) is 14.8 Å². The van der Waals surface area contributed by atoms with E-state index < -0.39 is 0 Å². The molecule has 1 aliphatic heterocycles. The van der Waals surface area contributed by atoms with Crippen molar-refractivity contribution >= 4 is 17.3 Å². The van der Waals surface area contributed by atoms with E-state index in [1.165, 1.54) is 18.8 Å². The Morgan fingerprint density at radius 3 is 2.79 bits per heavy atom. The summed E-state index contributed by atoms with van der Waals surface area (Å²) in [4.78, 5) is 18.1. The first kappa shape index (κ1) is 16.4. The van der Waals surface area contributed by atoms with Gasteiger partial charge in [-0.05, 0) is 37.5 Å². The summed E-state index contributed by atoms with van der Waals surface area (Å²) in [5.74, 6) is -0.759. The first-order valence-electron chi connectivity index (χ1n) is 8.31. The van der Waals surface area contributed by atoms with Crippen LogP contribution in [-0.2, 0) is 11.3 Å². The third-order valence-electron chi connectivity index (χ3n) is 4.29. The molecule has 0 aliphatic carbocycles. The van der Waals surface area contributed by atoms with Gasteiger partial charge in [0, 0.05) is 18.8 Å². The smallest absolute Gasteiger partial charge is 0.229 e. The van der Waals surface area contributed by atoms with Gasteiger partial charge in [0.05, 0.1) is 18.2 Å². The van der Waals surface area contributed by atoms with Crippen molar-refractivity contribution in [2.45, 2.75) is 32.7 Å². The lowest BCUT2D eigenvalue weighted by Gasteiger charge is -2.29. The van der Waals surface area contributed by atoms with E-state index in [1.54, 1.807) is 30.1 Å². The summed E-state index contributed by atoms with van der Waals surface area (Å²) in [6.45, 7) is 4.00. The second kappa shape index (κ2) is 7.42. The molecular weight excluding hydrogens is 309 g/mol. The van der Waals surface area contributed by atoms with Crippen LogP contribution in [0.4, 0.5) is 15.8 Å². The van der Waals surface area contributed by atoms with Crippen LogP contribution in [0.15, 0.2) is 30.9 Å². The van der Waals surface area contributed by atoms with Crippen LogP contribution in [0.1, 0.15) is 26.2 Å². The van der Waals surface area contributed by atoms with E-state index in [2.05, 4.69) is 20.3 Å². The third kappa shape index (κ3) is 3.90. The van der Waals surface area contributed by atoms with E-state index in [1.807, 2.05) is 0 Å². The van der Waals surface area contributed by atoms with Gasteiger partial charge in [-0.25, -0.2) is 9.37 Å². The summed E-state index contributed by atoms with van der Waals surface area (Å²) in [5.41, 5.74) is 1.09. The second-order valence-electron chi connectivity index (χ2n) is 6.22. The molecule has 7 heteroatoms. The fourth-order valence-electron chi connectivity index (χ4n) is 2.93. The predicted octanol–water partition coefficient (Wildman–Crippen LogP) is 2.68. The van der Waals surface area contributed by atoms with Gasteiger partial charge in [0.1, 0.15) is 18.5 Å². The molecular formula is C17H22FN5O. The third-order valence-corrected chi connectivity index (χ3v) is 4.29. The quantitative estimate of drug-likeness (QED) is 0.915. The number of hydrogen-bond donors (Lipinski definition) is 1. The molecule has 1 saturated heterocycles. The topological polar surface area (TPSA) is 63.1 Å². The standard InChI is InChI=1S/C17H22FN5O/c1-13(10-23-12-19-11-20-23)17(24)21-14-5-6-16(15(18)9-14)22-7-3-2-4-8-22/h5-6,9,11-13H,2-4,7-8,10H2,1H3,(H,21,24)/t13-/m0/s1. The van der Waals surface area contributed by atoms with Gasteiger partial charge in [-0.3, -0.25) is 9.48 Å². The molecule has 2 heterocycles. The molecule has 0 radical (unpaired) electrons. The highest BCUT2D eigenvalue weighted by atomic mass is 19.1. The molecule has 1 aromatic heterocycles. The summed E-state index contributed by atoms with van der Waals surface area (Å²) in [6.07, 6.45) is 6.39. The van der Waals surface area contributed by atoms with Crippen molar-refractivity contribution in [2.75, 3.05) is 23.3 Å². The number of carbonyl (C=O) groups is 1. The van der Waals surface area contributed by atoms with Crippen LogP contribution in [-0.4, -0.2) is 33.8 Å². The Bertz CT molecular complexity index is 682. The van der Waals surface area contributed by atoms with Crippen molar-refractivity contribution in [1.29, 1.82) is 0 Å². The maximum atomic E-state index is 14.4. The summed E-state index contributed by atoms with van der Waals surface area (Å²) in [6, 6.07) is 4.90. The van der Waals surface area contributed by atoms with Crippen molar-refractivity contribution < 1.29 is 9.18 Å². The Morgan fingerprint density at radius 1 is 1.33 bits per heavy atom. The van der Waals surface area contributed by atoms with E-state index in [0.717, 1.165) is 25.9 Å². The van der Waals surface area contributed by atoms with Crippen molar-refractivity contribution in [3.05, 3.63) is 36.7 Å². The fraction of sp³-hybridized carbons (Fsp3) is 0.471. The Hall–Kier alpha value is -2.44. The van der Waals surface area contributed by atoms with E-state index in [0.29, 0.717) is 17.9 Å². The fourth-order valence-corrected chi connectivity index (χ4v) is 2.93. The molecule has 1 aliphatic rings. The molecule has 1 fully saturated rings. The molecule has 1 N–H and O–H groups in total. The zero-order chi connectivity index (χ0) is 16.9. The van der Waals surface area contributed by atoms with Gasteiger partial charge in [-0.15, -0.1) is 0 Å². The number of nitrogens with one attached hydrogen (secondary N) is 1. The van der Waals surface area contributed by atoms with Gasteiger partial charge >= 0.3 is 0 Å². The minimum atomic E-state index is -0.295. The Labute approximate surface area is 140 Å². The number of nitrogens with zero attached hydrogens (tertiary/aromatic N) is 4. The zero-order valence-corrected chi connectivity index (χ0v) is 13.8. The number of amides is 1. The lowest BCUT2D eigenvalue weighted by Crippen LogP contribution is -2.30. The monoisotopic (exact) mass is 331 g/mol. The van der Waals surface area contributed by atoms with Crippen molar-refractivity contribution in [3.63, 3.8) is 0 Å². The lowest BCUT2D eigenvalue weighted by molar-refractivity contribution is -0.119. The molecule has 0 unspecified atom stereocenters. The highest BCUT2D eigenvalue weighted by Crippen LogP contribution is 2.26. The molecule has 1 amide bonds. The van der Waals surface area contributed by atoms with Crippen molar-refractivity contribution in [2.24, 2.45) is 5.92 Å². The highest BCUT2D eigenvalue weighted by Gasteiger charge is 2.17. The van der Waals surface area contributed by atoms with Crippen LogP contribution < -0.4 is 10.2 Å². The van der Waals surface area contributed by atoms with Crippen LogP contribution in [0.5, 0.6) is 0 Å². The van der Waals surface area contributed by atoms with Gasteiger partial charge in [0.15, 0.2) is 0 Å². The molecule has 0 spiro atoms. The molecule has 24 heavy (non-hydrogen) atoms. The van der Waals surface area contributed by atoms with Gasteiger partial charge < -0.3 is 10.2 Å². The molecule has 1 aromatic carbocycles. The van der Waals surface area contributed by atoms with Gasteiger partial charge in [-0.2, -0.15) is 5.10 Å². The summed E-state index contributed by atoms with van der Waals surface area (Å²) in [7, 11) is 0. The summed E-state index contributed by atoms with van der Waals surface area (Å²) >= 11 is 0. The number of benzene rings is 1. The zero-order valence-electron chi connectivity index (χ0n) is 13.8. The number of piperidine rings is 1. The van der Waals surface area contributed by atoms with Gasteiger partial charge in [-0.1, -0.05) is 6.92 Å². The number of anilines is 2. The Balaban J connectivity index is 1.62. The van der Waals surface area contributed by atoms with Crippen LogP contribution >= 0.6 is 0 Å². The van der Waals surface area contributed by atoms with Crippen molar-refractivity contribution in [3.8, 4) is 0 Å². The van der Waals surface area contributed by atoms with Crippen LogP contribution in [0.25, 0.3) is 0 Å². The van der Waals surface area contributed by atoms with E-state index in [-0.39, 0.29) is 17.6 Å². The number of rotatable bonds is 5. The summed E-state index contributed by atoms with van der Waals surface area (Å²) in [5, 5.41) is 6.75. The first-order valence-corrected chi connectivity index (χ1v) is 8.31.